The fraction of sp³-hybridized carbons (Fsp3) is 0.238. The standard InChI is InChI=1S/C21H23N5O2/c1-15-8-9-16(2)18(10-15)11-19(27)24-21-23-14-26(25-21)13-20(28)22-12-17-6-4-3-5-7-17/h3-10,14H,11-13H2,1-2H3,(H,22,28)(H,24,25,27). The maximum Gasteiger partial charge on any atom is 0.248 e. The molecule has 0 bridgehead atoms. The van der Waals surface area contributed by atoms with Crippen molar-refractivity contribution in [2.24, 2.45) is 0 Å². The molecule has 0 atom stereocenters. The number of benzene rings is 2. The van der Waals surface area contributed by atoms with Crippen LogP contribution in [-0.2, 0) is 29.1 Å². The molecule has 7 nitrogen and oxygen atoms in total. The van der Waals surface area contributed by atoms with Gasteiger partial charge in [-0.1, -0.05) is 54.1 Å². The fourth-order valence-electron chi connectivity index (χ4n) is 2.76. The van der Waals surface area contributed by atoms with E-state index >= 15 is 0 Å². The number of aryl methyl sites for hydroxylation is 2. The molecule has 3 rings (SSSR count). The highest BCUT2D eigenvalue weighted by Crippen LogP contribution is 2.12. The van der Waals surface area contributed by atoms with Crippen LogP contribution in [0.25, 0.3) is 0 Å². The Kier molecular flexibility index (Phi) is 6.16. The molecular formula is C21H23N5O2. The van der Waals surface area contributed by atoms with Crippen molar-refractivity contribution >= 4 is 17.8 Å². The Balaban J connectivity index is 1.50. The van der Waals surface area contributed by atoms with Crippen molar-refractivity contribution < 1.29 is 9.59 Å². The summed E-state index contributed by atoms with van der Waals surface area (Å²) in [6.07, 6.45) is 1.68. The molecular weight excluding hydrogens is 354 g/mol. The summed E-state index contributed by atoms with van der Waals surface area (Å²) >= 11 is 0. The summed E-state index contributed by atoms with van der Waals surface area (Å²) in [5.41, 5.74) is 4.16. The average Bonchev–Trinajstić information content (AvgIpc) is 3.10. The van der Waals surface area contributed by atoms with E-state index in [0.717, 1.165) is 22.3 Å². The molecule has 0 spiro atoms. The summed E-state index contributed by atoms with van der Waals surface area (Å²) in [6, 6.07) is 15.7. The first-order valence-electron chi connectivity index (χ1n) is 9.05. The van der Waals surface area contributed by atoms with Crippen LogP contribution in [0.2, 0.25) is 0 Å². The lowest BCUT2D eigenvalue weighted by molar-refractivity contribution is -0.122. The molecule has 1 heterocycles. The first-order chi connectivity index (χ1) is 13.5. The van der Waals surface area contributed by atoms with Gasteiger partial charge in [-0.05, 0) is 30.5 Å². The minimum atomic E-state index is -0.194. The first-order valence-corrected chi connectivity index (χ1v) is 9.05. The lowest BCUT2D eigenvalue weighted by Gasteiger charge is -2.06. The van der Waals surface area contributed by atoms with E-state index in [9.17, 15) is 9.59 Å². The summed E-state index contributed by atoms with van der Waals surface area (Å²) in [5.74, 6) is -0.187. The Hall–Kier alpha value is -3.48. The Morgan fingerprint density at radius 1 is 1.04 bits per heavy atom. The van der Waals surface area contributed by atoms with E-state index in [1.165, 1.54) is 11.0 Å². The van der Waals surface area contributed by atoms with Gasteiger partial charge < -0.3 is 5.32 Å². The van der Waals surface area contributed by atoms with Crippen molar-refractivity contribution in [3.63, 3.8) is 0 Å². The van der Waals surface area contributed by atoms with E-state index in [4.69, 9.17) is 0 Å². The molecule has 3 aromatic rings. The molecule has 2 aromatic carbocycles. The number of aromatic nitrogens is 3. The molecule has 0 unspecified atom stereocenters. The molecule has 0 saturated heterocycles. The molecule has 0 aliphatic rings. The van der Waals surface area contributed by atoms with Gasteiger partial charge in [-0.25, -0.2) is 9.67 Å². The summed E-state index contributed by atoms with van der Waals surface area (Å²) in [6.45, 7) is 4.45. The lowest BCUT2D eigenvalue weighted by Crippen LogP contribution is -2.27. The monoisotopic (exact) mass is 377 g/mol. The predicted molar refractivity (Wildman–Crippen MR) is 107 cm³/mol. The molecule has 28 heavy (non-hydrogen) atoms. The Morgan fingerprint density at radius 3 is 2.61 bits per heavy atom. The summed E-state index contributed by atoms with van der Waals surface area (Å²) in [7, 11) is 0. The van der Waals surface area contributed by atoms with Crippen LogP contribution in [0.4, 0.5) is 5.95 Å². The van der Waals surface area contributed by atoms with Crippen molar-refractivity contribution in [1.29, 1.82) is 0 Å². The first kappa shape index (κ1) is 19.3. The number of rotatable bonds is 7. The SMILES string of the molecule is Cc1ccc(C)c(CC(=O)Nc2ncn(CC(=O)NCc3ccccc3)n2)c1. The Bertz CT molecular complexity index is 966. The van der Waals surface area contributed by atoms with Gasteiger partial charge in [0.2, 0.25) is 17.8 Å². The van der Waals surface area contributed by atoms with Crippen LogP contribution in [0.1, 0.15) is 22.3 Å². The summed E-state index contributed by atoms with van der Waals surface area (Å²) < 4.78 is 1.40. The largest absolute Gasteiger partial charge is 0.350 e. The highest BCUT2D eigenvalue weighted by atomic mass is 16.2. The maximum atomic E-state index is 12.3. The number of hydrogen-bond donors (Lipinski definition) is 2. The van der Waals surface area contributed by atoms with Gasteiger partial charge in [0.25, 0.3) is 0 Å². The Labute approximate surface area is 163 Å². The van der Waals surface area contributed by atoms with E-state index in [1.54, 1.807) is 0 Å². The van der Waals surface area contributed by atoms with E-state index in [1.807, 2.05) is 62.4 Å². The third-order valence-corrected chi connectivity index (χ3v) is 4.28. The van der Waals surface area contributed by atoms with Gasteiger partial charge in [0.1, 0.15) is 12.9 Å². The molecule has 0 fully saturated rings. The van der Waals surface area contributed by atoms with Crippen LogP contribution < -0.4 is 10.6 Å². The van der Waals surface area contributed by atoms with Crippen molar-refractivity contribution in [3.8, 4) is 0 Å². The molecule has 0 aliphatic carbocycles. The molecule has 0 aliphatic heterocycles. The van der Waals surface area contributed by atoms with Crippen molar-refractivity contribution in [2.45, 2.75) is 33.4 Å². The molecule has 144 valence electrons. The van der Waals surface area contributed by atoms with Gasteiger partial charge in [0.05, 0.1) is 6.42 Å². The minimum absolute atomic E-state index is 0.0344. The van der Waals surface area contributed by atoms with Crippen LogP contribution in [0, 0.1) is 13.8 Å². The minimum Gasteiger partial charge on any atom is -0.350 e. The van der Waals surface area contributed by atoms with E-state index < -0.39 is 0 Å². The Morgan fingerprint density at radius 2 is 1.82 bits per heavy atom. The highest BCUT2D eigenvalue weighted by Gasteiger charge is 2.11. The second-order valence-corrected chi connectivity index (χ2v) is 6.68. The summed E-state index contributed by atoms with van der Waals surface area (Å²) in [4.78, 5) is 28.3. The van der Waals surface area contributed by atoms with Crippen LogP contribution in [0.3, 0.4) is 0 Å². The van der Waals surface area contributed by atoms with Gasteiger partial charge in [0, 0.05) is 6.54 Å². The van der Waals surface area contributed by atoms with Gasteiger partial charge in [-0.2, -0.15) is 0 Å². The van der Waals surface area contributed by atoms with Crippen LogP contribution in [-0.4, -0.2) is 26.6 Å². The van der Waals surface area contributed by atoms with Gasteiger partial charge >= 0.3 is 0 Å². The smallest absolute Gasteiger partial charge is 0.248 e. The third-order valence-electron chi connectivity index (χ3n) is 4.28. The zero-order chi connectivity index (χ0) is 19.9. The fourth-order valence-corrected chi connectivity index (χ4v) is 2.76. The molecule has 2 N–H and O–H groups in total. The second-order valence-electron chi connectivity index (χ2n) is 6.68. The average molecular weight is 377 g/mol. The van der Waals surface area contributed by atoms with Gasteiger partial charge in [-0.3, -0.25) is 14.9 Å². The number of nitrogens with zero attached hydrogens (tertiary/aromatic N) is 3. The van der Waals surface area contributed by atoms with Crippen molar-refractivity contribution in [3.05, 3.63) is 77.1 Å². The normalized spacial score (nSPS) is 10.5. The summed E-state index contributed by atoms with van der Waals surface area (Å²) in [5, 5.41) is 9.64. The van der Waals surface area contributed by atoms with Gasteiger partial charge in [0.15, 0.2) is 0 Å². The molecule has 2 amide bonds. The van der Waals surface area contributed by atoms with Crippen molar-refractivity contribution in [1.82, 2.24) is 20.1 Å². The lowest BCUT2D eigenvalue weighted by atomic mass is 10.0. The number of hydrogen-bond acceptors (Lipinski definition) is 4. The molecule has 0 saturated carbocycles. The maximum absolute atomic E-state index is 12.3. The highest BCUT2D eigenvalue weighted by molar-refractivity contribution is 5.90. The van der Waals surface area contributed by atoms with Crippen LogP contribution in [0.15, 0.2) is 54.9 Å². The molecule has 7 heteroatoms. The van der Waals surface area contributed by atoms with Crippen molar-refractivity contribution in [2.75, 3.05) is 5.32 Å². The van der Waals surface area contributed by atoms with Crippen LogP contribution in [0.5, 0.6) is 0 Å². The van der Waals surface area contributed by atoms with Crippen LogP contribution >= 0.6 is 0 Å². The van der Waals surface area contributed by atoms with E-state index in [0.29, 0.717) is 6.54 Å². The predicted octanol–water partition coefficient (Wildman–Crippen LogP) is 2.39. The number of anilines is 1. The number of amides is 2. The number of carbonyl (C=O) groups excluding carboxylic acids is 2. The zero-order valence-corrected chi connectivity index (χ0v) is 16.0. The topological polar surface area (TPSA) is 88.9 Å². The number of nitrogens with one attached hydrogen (secondary N) is 2. The third kappa shape index (κ3) is 5.51. The quantitative estimate of drug-likeness (QED) is 0.662. The molecule has 0 radical (unpaired) electrons. The second kappa shape index (κ2) is 8.94. The van der Waals surface area contributed by atoms with Gasteiger partial charge in [-0.15, -0.1) is 5.10 Å². The molecule has 1 aromatic heterocycles. The van der Waals surface area contributed by atoms with E-state index in [2.05, 4.69) is 20.7 Å². The number of carbonyl (C=O) groups is 2. The van der Waals surface area contributed by atoms with E-state index in [-0.39, 0.29) is 30.7 Å². The zero-order valence-electron chi connectivity index (χ0n) is 16.0.